The number of methoxy groups -OCH3 is 1. The number of amides is 1. The van der Waals surface area contributed by atoms with Gasteiger partial charge in [-0.05, 0) is 6.42 Å². The molecule has 0 bridgehead atoms. The highest BCUT2D eigenvalue weighted by Gasteiger charge is 2.23. The molecule has 110 valence electrons. The first-order valence-corrected chi connectivity index (χ1v) is 6.46. The largest absolute Gasteiger partial charge is 0.377 e. The van der Waals surface area contributed by atoms with Crippen molar-refractivity contribution in [1.82, 2.24) is 14.9 Å². The molecule has 0 radical (unpaired) electrons. The second-order valence-electron chi connectivity index (χ2n) is 4.79. The van der Waals surface area contributed by atoms with Crippen LogP contribution in [-0.2, 0) is 16.1 Å². The Morgan fingerprint density at radius 2 is 2.25 bits per heavy atom. The molecular formula is C12H20N6O2. The Hall–Kier alpha value is -1.93. The van der Waals surface area contributed by atoms with Crippen LogP contribution in [0.15, 0.2) is 6.07 Å². The third-order valence-corrected chi connectivity index (χ3v) is 3.17. The van der Waals surface area contributed by atoms with Gasteiger partial charge in [-0.15, -0.1) is 0 Å². The van der Waals surface area contributed by atoms with Crippen LogP contribution >= 0.6 is 0 Å². The fraction of sp³-hybridized carbons (Fsp3) is 0.583. The second-order valence-corrected chi connectivity index (χ2v) is 4.79. The molecule has 0 aliphatic carbocycles. The van der Waals surface area contributed by atoms with Crippen LogP contribution in [0.1, 0.15) is 18.7 Å². The highest BCUT2D eigenvalue weighted by molar-refractivity contribution is 5.77. The van der Waals surface area contributed by atoms with Crippen molar-refractivity contribution in [3.63, 3.8) is 0 Å². The van der Waals surface area contributed by atoms with Crippen molar-refractivity contribution in [2.75, 3.05) is 31.4 Å². The fourth-order valence-electron chi connectivity index (χ4n) is 2.18. The summed E-state index contributed by atoms with van der Waals surface area (Å²) in [6, 6.07) is 1.91. The number of carbonyl (C=O) groups is 1. The number of ether oxygens (including phenoxy) is 1. The number of likely N-dealkylation sites (tertiary alicyclic amines) is 1. The first-order chi connectivity index (χ1) is 9.62. The molecule has 1 atom stereocenters. The number of nitrogens with zero attached hydrogens (tertiary/aromatic N) is 3. The molecule has 1 saturated heterocycles. The number of hydrazine groups is 1. The number of aromatic nitrogens is 2. The minimum Gasteiger partial charge on any atom is -0.377 e. The van der Waals surface area contributed by atoms with Crippen LogP contribution in [0.2, 0.25) is 0 Å². The minimum atomic E-state index is 0.175. The molecule has 1 aliphatic heterocycles. The van der Waals surface area contributed by atoms with E-state index in [9.17, 15) is 4.79 Å². The molecule has 1 aromatic heterocycles. The lowest BCUT2D eigenvalue weighted by Gasteiger charge is -2.30. The number of hydrogen-bond donors (Lipinski definition) is 3. The summed E-state index contributed by atoms with van der Waals surface area (Å²) in [5, 5.41) is 3.31. The van der Waals surface area contributed by atoms with Gasteiger partial charge in [-0.1, -0.05) is 0 Å². The van der Waals surface area contributed by atoms with Gasteiger partial charge < -0.3 is 20.4 Å². The van der Waals surface area contributed by atoms with Gasteiger partial charge in [0.15, 0.2) is 5.82 Å². The van der Waals surface area contributed by atoms with E-state index in [1.807, 2.05) is 0 Å². The molecule has 20 heavy (non-hydrogen) atoms. The Bertz CT molecular complexity index is 481. The third kappa shape index (κ3) is 3.55. The average Bonchev–Trinajstić information content (AvgIpc) is 2.43. The lowest BCUT2D eigenvalue weighted by Crippen LogP contribution is -2.43. The van der Waals surface area contributed by atoms with Crippen molar-refractivity contribution in [3.8, 4) is 0 Å². The summed E-state index contributed by atoms with van der Waals surface area (Å²) in [7, 11) is 3.39. The van der Waals surface area contributed by atoms with Gasteiger partial charge in [0.1, 0.15) is 18.2 Å². The Morgan fingerprint density at radius 3 is 2.90 bits per heavy atom. The van der Waals surface area contributed by atoms with E-state index in [0.717, 1.165) is 6.42 Å². The number of rotatable bonds is 5. The Kier molecular flexibility index (Phi) is 4.70. The summed E-state index contributed by atoms with van der Waals surface area (Å²) >= 11 is 0. The van der Waals surface area contributed by atoms with Crippen LogP contribution < -0.4 is 16.6 Å². The third-order valence-electron chi connectivity index (χ3n) is 3.17. The number of anilines is 2. The molecule has 4 N–H and O–H groups in total. The molecule has 2 rings (SSSR count). The fourth-order valence-corrected chi connectivity index (χ4v) is 2.18. The summed E-state index contributed by atoms with van der Waals surface area (Å²) in [5.74, 6) is 7.32. The number of nitrogen functional groups attached to an aromatic ring is 1. The Morgan fingerprint density at radius 1 is 1.50 bits per heavy atom. The van der Waals surface area contributed by atoms with E-state index in [0.29, 0.717) is 37.0 Å². The highest BCUT2D eigenvalue weighted by atomic mass is 16.5. The highest BCUT2D eigenvalue weighted by Crippen LogP contribution is 2.17. The predicted octanol–water partition coefficient (Wildman–Crippen LogP) is -0.0587. The second kappa shape index (κ2) is 6.49. The van der Waals surface area contributed by atoms with Crippen molar-refractivity contribution >= 4 is 17.5 Å². The lowest BCUT2D eigenvalue weighted by atomic mass is 10.1. The quantitative estimate of drug-likeness (QED) is 0.512. The summed E-state index contributed by atoms with van der Waals surface area (Å²) < 4.78 is 5.03. The maximum absolute atomic E-state index is 11.5. The summed E-state index contributed by atoms with van der Waals surface area (Å²) in [6.45, 7) is 0.973. The topological polar surface area (TPSA) is 105 Å². The predicted molar refractivity (Wildman–Crippen MR) is 74.8 cm³/mol. The van der Waals surface area contributed by atoms with Gasteiger partial charge in [-0.2, -0.15) is 0 Å². The molecule has 8 nitrogen and oxygen atoms in total. The monoisotopic (exact) mass is 280 g/mol. The van der Waals surface area contributed by atoms with E-state index in [-0.39, 0.29) is 11.9 Å². The van der Waals surface area contributed by atoms with Gasteiger partial charge >= 0.3 is 0 Å². The number of hydrogen-bond acceptors (Lipinski definition) is 7. The molecule has 0 aromatic carbocycles. The normalized spacial score (nSPS) is 19.1. The lowest BCUT2D eigenvalue weighted by molar-refractivity contribution is -0.132. The van der Waals surface area contributed by atoms with Crippen LogP contribution in [0, 0.1) is 0 Å². The van der Waals surface area contributed by atoms with E-state index in [2.05, 4.69) is 20.7 Å². The molecule has 1 aliphatic rings. The summed E-state index contributed by atoms with van der Waals surface area (Å²) in [4.78, 5) is 21.7. The zero-order chi connectivity index (χ0) is 14.5. The van der Waals surface area contributed by atoms with E-state index in [1.165, 1.54) is 0 Å². The molecular weight excluding hydrogens is 260 g/mol. The molecule has 0 saturated carbocycles. The van der Waals surface area contributed by atoms with Gasteiger partial charge in [-0.3, -0.25) is 4.79 Å². The smallest absolute Gasteiger partial charge is 0.222 e. The van der Waals surface area contributed by atoms with Crippen molar-refractivity contribution in [2.24, 2.45) is 5.84 Å². The minimum absolute atomic E-state index is 0.175. The zero-order valence-electron chi connectivity index (χ0n) is 11.7. The van der Waals surface area contributed by atoms with E-state index in [1.54, 1.807) is 25.1 Å². The van der Waals surface area contributed by atoms with E-state index < -0.39 is 0 Å². The first-order valence-electron chi connectivity index (χ1n) is 6.46. The van der Waals surface area contributed by atoms with Crippen LogP contribution in [0.3, 0.4) is 0 Å². The van der Waals surface area contributed by atoms with Crippen molar-refractivity contribution in [1.29, 1.82) is 0 Å². The first kappa shape index (κ1) is 14.5. The van der Waals surface area contributed by atoms with Crippen molar-refractivity contribution < 1.29 is 9.53 Å². The molecule has 2 heterocycles. The molecule has 1 aromatic rings. The van der Waals surface area contributed by atoms with Crippen molar-refractivity contribution in [2.45, 2.75) is 25.5 Å². The van der Waals surface area contributed by atoms with Gasteiger partial charge in [0.25, 0.3) is 0 Å². The molecule has 1 fully saturated rings. The maximum Gasteiger partial charge on any atom is 0.222 e. The van der Waals surface area contributed by atoms with Crippen molar-refractivity contribution in [3.05, 3.63) is 11.9 Å². The Balaban J connectivity index is 2.08. The zero-order valence-corrected chi connectivity index (χ0v) is 11.7. The SMILES string of the molecule is COCc1nc(NN)cc(NC2CCC(=O)N(C)C2)n1. The number of nitrogens with two attached hydrogens (primary N) is 1. The van der Waals surface area contributed by atoms with Gasteiger partial charge in [0.2, 0.25) is 5.91 Å². The van der Waals surface area contributed by atoms with E-state index >= 15 is 0 Å². The number of piperidine rings is 1. The molecule has 1 amide bonds. The summed E-state index contributed by atoms with van der Waals surface area (Å²) in [5.41, 5.74) is 2.51. The van der Waals surface area contributed by atoms with Gasteiger partial charge in [-0.25, -0.2) is 15.8 Å². The average molecular weight is 280 g/mol. The van der Waals surface area contributed by atoms with Gasteiger partial charge in [0, 0.05) is 39.2 Å². The molecule has 1 unspecified atom stereocenters. The van der Waals surface area contributed by atoms with Crippen LogP contribution in [0.25, 0.3) is 0 Å². The van der Waals surface area contributed by atoms with Gasteiger partial charge in [0.05, 0.1) is 0 Å². The number of nitrogens with one attached hydrogen (secondary N) is 2. The van der Waals surface area contributed by atoms with Crippen LogP contribution in [0.5, 0.6) is 0 Å². The number of carbonyl (C=O) groups excluding carboxylic acids is 1. The molecule has 0 spiro atoms. The number of likely N-dealkylation sites (N-methyl/N-ethyl adjacent to an activating group) is 1. The van der Waals surface area contributed by atoms with Crippen LogP contribution in [0.4, 0.5) is 11.6 Å². The standard InChI is InChI=1S/C12H20N6O2/c1-18-6-8(3-4-12(18)19)14-9-5-10(17-13)16-11(15-9)7-20-2/h5,8H,3-4,6-7,13H2,1-2H3,(H2,14,15,16,17). The Labute approximate surface area is 117 Å². The summed E-state index contributed by atoms with van der Waals surface area (Å²) in [6.07, 6.45) is 1.34. The van der Waals surface area contributed by atoms with Crippen LogP contribution in [-0.4, -0.2) is 47.5 Å². The maximum atomic E-state index is 11.5. The van der Waals surface area contributed by atoms with E-state index in [4.69, 9.17) is 10.6 Å². The molecule has 8 heteroatoms.